The van der Waals surface area contributed by atoms with Crippen LogP contribution in [-0.4, -0.2) is 4.57 Å². The van der Waals surface area contributed by atoms with E-state index in [1.54, 1.807) is 18.2 Å². The normalized spacial score (nSPS) is 8.56. The lowest BCUT2D eigenvalue weighted by Gasteiger charge is -2.10. The van der Waals surface area contributed by atoms with Crippen LogP contribution in [0.4, 0.5) is 0 Å². The van der Waals surface area contributed by atoms with Crippen LogP contribution in [0.3, 0.4) is 0 Å². The van der Waals surface area contributed by atoms with Gasteiger partial charge in [0.2, 0.25) is 0 Å². The average molecular weight is 587 g/mol. The summed E-state index contributed by atoms with van der Waals surface area (Å²) in [5.74, 6) is 0. The van der Waals surface area contributed by atoms with Crippen molar-refractivity contribution in [1.29, 1.82) is 15.8 Å². The van der Waals surface area contributed by atoms with Gasteiger partial charge in [0.1, 0.15) is 23.8 Å². The molecule has 2 aromatic carbocycles. The summed E-state index contributed by atoms with van der Waals surface area (Å²) >= 11 is 3.82. The summed E-state index contributed by atoms with van der Waals surface area (Å²) in [5.41, 5.74) is 10.2. The molecule has 0 aliphatic heterocycles. The lowest BCUT2D eigenvalue weighted by atomic mass is 10.0. The van der Waals surface area contributed by atoms with Gasteiger partial charge in [-0.25, -0.2) is 0 Å². The third-order valence-corrected chi connectivity index (χ3v) is 5.28. The van der Waals surface area contributed by atoms with E-state index in [4.69, 9.17) is 15.8 Å². The van der Waals surface area contributed by atoms with E-state index >= 15 is 0 Å². The molecule has 180 valence electrons. The third-order valence-electron chi connectivity index (χ3n) is 4.51. The fourth-order valence-corrected chi connectivity index (χ4v) is 4.40. The predicted molar refractivity (Wildman–Crippen MR) is 137 cm³/mol. The second-order valence-electron chi connectivity index (χ2n) is 7.47. The first-order valence-electron chi connectivity index (χ1n) is 10.4. The maximum atomic E-state index is 7.32. The van der Waals surface area contributed by atoms with Gasteiger partial charge >= 0.3 is 4.73 Å². The van der Waals surface area contributed by atoms with Gasteiger partial charge in [0.25, 0.3) is 0 Å². The van der Waals surface area contributed by atoms with Crippen molar-refractivity contribution in [2.75, 3.05) is 0 Å². The molecule has 0 fully saturated rings. The Kier molecular flexibility index (Phi) is 16.3. The highest BCUT2D eigenvalue weighted by Gasteiger charge is 2.23. The van der Waals surface area contributed by atoms with Gasteiger partial charge in [0.15, 0.2) is 0 Å². The SMILES string of the molecule is CC#N.CC#N.CC#N.Cc1cc(C)c(-n2cc[n+](-c3c(C)cc(C)cc3C)c2Br)c(C)c1.[Br-]. The smallest absolute Gasteiger partial charge is 0.335 e. The maximum absolute atomic E-state index is 7.32. The van der Waals surface area contributed by atoms with Crippen molar-refractivity contribution < 1.29 is 21.5 Å². The van der Waals surface area contributed by atoms with Crippen LogP contribution in [0.5, 0.6) is 0 Å². The number of aromatic nitrogens is 2. The van der Waals surface area contributed by atoms with E-state index in [0.29, 0.717) is 0 Å². The van der Waals surface area contributed by atoms with Gasteiger partial charge in [-0.1, -0.05) is 35.4 Å². The molecule has 3 rings (SSSR count). The van der Waals surface area contributed by atoms with Crippen LogP contribution in [-0.2, 0) is 0 Å². The Labute approximate surface area is 223 Å². The largest absolute Gasteiger partial charge is 1.00 e. The van der Waals surface area contributed by atoms with Crippen molar-refractivity contribution >= 4 is 15.9 Å². The molecule has 5 nitrogen and oxygen atoms in total. The zero-order valence-electron chi connectivity index (χ0n) is 21.5. The summed E-state index contributed by atoms with van der Waals surface area (Å²) in [6, 6.07) is 14.2. The van der Waals surface area contributed by atoms with Crippen LogP contribution in [0.15, 0.2) is 41.4 Å². The number of nitrogens with zero attached hydrogens (tertiary/aromatic N) is 5. The molecule has 0 bridgehead atoms. The summed E-state index contributed by atoms with van der Waals surface area (Å²) in [5, 5.41) is 22.0. The molecule has 0 radical (unpaired) electrons. The molecular formula is C27H33Br2N5. The fraction of sp³-hybridized carbons (Fsp3) is 0.333. The van der Waals surface area contributed by atoms with E-state index in [1.807, 2.05) is 0 Å². The zero-order chi connectivity index (χ0) is 25.7. The second-order valence-corrected chi connectivity index (χ2v) is 8.18. The van der Waals surface area contributed by atoms with Crippen molar-refractivity contribution in [3.63, 3.8) is 0 Å². The van der Waals surface area contributed by atoms with Crippen LogP contribution >= 0.6 is 15.9 Å². The molecule has 0 unspecified atom stereocenters. The number of nitriles is 3. The van der Waals surface area contributed by atoms with Crippen LogP contribution in [0.25, 0.3) is 11.4 Å². The summed E-state index contributed by atoms with van der Waals surface area (Å²) in [6.07, 6.45) is 4.26. The molecule has 0 amide bonds. The standard InChI is InChI=1S/C21H24BrN2.3C2H3N.BrH/c1-13-9-15(3)19(16(4)10-13)23-7-8-24(21(23)22)20-17(5)11-14(2)12-18(20)6;3*1-2-3;/h7-12H,1-6H3;3*1H3;1H/q+1;;;;/p-1. The quantitative estimate of drug-likeness (QED) is 0.426. The van der Waals surface area contributed by atoms with Gasteiger partial charge in [-0.05, 0) is 63.8 Å². The minimum Gasteiger partial charge on any atom is -1.00 e. The van der Waals surface area contributed by atoms with E-state index in [9.17, 15) is 0 Å². The molecule has 34 heavy (non-hydrogen) atoms. The van der Waals surface area contributed by atoms with Crippen molar-refractivity contribution in [2.45, 2.75) is 62.3 Å². The number of hydrogen-bond donors (Lipinski definition) is 0. The first kappa shape index (κ1) is 33.3. The Morgan fingerprint density at radius 2 is 1.03 bits per heavy atom. The van der Waals surface area contributed by atoms with E-state index < -0.39 is 0 Å². The monoisotopic (exact) mass is 585 g/mol. The highest BCUT2D eigenvalue weighted by molar-refractivity contribution is 9.10. The van der Waals surface area contributed by atoms with Crippen molar-refractivity contribution in [3.05, 3.63) is 74.8 Å². The van der Waals surface area contributed by atoms with Crippen LogP contribution < -0.4 is 21.5 Å². The predicted octanol–water partition coefficient (Wildman–Crippen LogP) is 3.96. The number of rotatable bonds is 2. The summed E-state index contributed by atoms with van der Waals surface area (Å²) in [6.45, 7) is 17.3. The second kappa shape index (κ2) is 16.7. The highest BCUT2D eigenvalue weighted by Crippen LogP contribution is 2.25. The number of imidazole rings is 1. The van der Waals surface area contributed by atoms with Gasteiger partial charge < -0.3 is 17.0 Å². The Morgan fingerprint density at radius 1 is 0.706 bits per heavy atom. The molecule has 0 N–H and O–H groups in total. The fourth-order valence-electron chi connectivity index (χ4n) is 3.81. The Morgan fingerprint density at radius 3 is 1.38 bits per heavy atom. The third kappa shape index (κ3) is 9.14. The van der Waals surface area contributed by atoms with Gasteiger partial charge in [-0.2, -0.15) is 24.9 Å². The van der Waals surface area contributed by atoms with Gasteiger partial charge in [0, 0.05) is 20.8 Å². The minimum atomic E-state index is 0. The van der Waals surface area contributed by atoms with Crippen molar-refractivity contribution in [1.82, 2.24) is 4.57 Å². The molecule has 0 saturated heterocycles. The lowest BCUT2D eigenvalue weighted by Crippen LogP contribution is -3.00. The topological polar surface area (TPSA) is 80.2 Å². The average Bonchev–Trinajstić information content (AvgIpc) is 3.03. The molecule has 1 heterocycles. The molecule has 0 atom stereocenters. The summed E-state index contributed by atoms with van der Waals surface area (Å²) < 4.78 is 5.48. The molecular weight excluding hydrogens is 554 g/mol. The van der Waals surface area contributed by atoms with E-state index in [2.05, 4.69) is 103 Å². The molecule has 3 aromatic rings. The number of aryl methyl sites for hydroxylation is 6. The highest BCUT2D eigenvalue weighted by atomic mass is 79.9. The first-order valence-corrected chi connectivity index (χ1v) is 11.2. The van der Waals surface area contributed by atoms with E-state index in [0.717, 1.165) is 4.73 Å². The molecule has 7 heteroatoms. The number of halogens is 2. The van der Waals surface area contributed by atoms with Gasteiger partial charge in [-0.3, -0.25) is 0 Å². The zero-order valence-corrected chi connectivity index (χ0v) is 24.6. The van der Waals surface area contributed by atoms with E-state index in [-0.39, 0.29) is 17.0 Å². The maximum Gasteiger partial charge on any atom is 0.335 e. The minimum absolute atomic E-state index is 0. The number of hydrogen-bond acceptors (Lipinski definition) is 3. The van der Waals surface area contributed by atoms with Crippen LogP contribution in [0, 0.1) is 75.5 Å². The molecule has 0 aliphatic carbocycles. The van der Waals surface area contributed by atoms with Crippen LogP contribution in [0.1, 0.15) is 54.2 Å². The Balaban J connectivity index is 0. The van der Waals surface area contributed by atoms with Crippen molar-refractivity contribution in [2.24, 2.45) is 0 Å². The molecule has 1 aromatic heterocycles. The summed E-state index contributed by atoms with van der Waals surface area (Å²) in [7, 11) is 0. The lowest BCUT2D eigenvalue weighted by molar-refractivity contribution is -0.607. The first-order chi connectivity index (χ1) is 15.5. The van der Waals surface area contributed by atoms with E-state index in [1.165, 1.54) is 65.5 Å². The Hall–Kier alpha value is -2.92. The molecule has 0 saturated carbocycles. The molecule has 0 spiro atoms. The number of benzene rings is 2. The van der Waals surface area contributed by atoms with Gasteiger partial charge in [-0.15, -0.1) is 0 Å². The summed E-state index contributed by atoms with van der Waals surface area (Å²) in [4.78, 5) is 0. The van der Waals surface area contributed by atoms with Crippen molar-refractivity contribution in [3.8, 4) is 29.6 Å². The molecule has 0 aliphatic rings. The van der Waals surface area contributed by atoms with Crippen LogP contribution in [0.2, 0.25) is 0 Å². The van der Waals surface area contributed by atoms with Gasteiger partial charge in [0.05, 0.1) is 34.1 Å². The Bertz CT molecular complexity index is 1060.